The van der Waals surface area contributed by atoms with Crippen LogP contribution in [0.5, 0.6) is 0 Å². The van der Waals surface area contributed by atoms with E-state index in [1.54, 1.807) is 0 Å². The first kappa shape index (κ1) is 10.0. The van der Waals surface area contributed by atoms with E-state index in [1.807, 2.05) is 13.0 Å². The highest BCUT2D eigenvalue weighted by molar-refractivity contribution is 5.81. The maximum Gasteiger partial charge on any atom is 0.237 e. The lowest BCUT2D eigenvalue weighted by Crippen LogP contribution is -2.43. The Hall–Kier alpha value is -1.08. The molecule has 0 aromatic rings. The zero-order valence-corrected chi connectivity index (χ0v) is 7.84. The van der Waals surface area contributed by atoms with Gasteiger partial charge in [-0.2, -0.15) is 5.26 Å². The Morgan fingerprint density at radius 2 is 2.38 bits per heavy atom. The molecule has 0 saturated heterocycles. The van der Waals surface area contributed by atoms with Crippen molar-refractivity contribution in [1.29, 1.82) is 5.26 Å². The van der Waals surface area contributed by atoms with Crippen molar-refractivity contribution in [1.82, 2.24) is 10.6 Å². The summed E-state index contributed by atoms with van der Waals surface area (Å²) < 4.78 is 0. The molecule has 0 aliphatic heterocycles. The molecular weight excluding hydrogens is 166 g/mol. The van der Waals surface area contributed by atoms with Crippen LogP contribution in [0.15, 0.2) is 0 Å². The molecule has 72 valence electrons. The molecule has 0 heterocycles. The molecule has 1 atom stereocenters. The van der Waals surface area contributed by atoms with Gasteiger partial charge in [-0.25, -0.2) is 0 Å². The van der Waals surface area contributed by atoms with Crippen LogP contribution in [-0.2, 0) is 4.79 Å². The van der Waals surface area contributed by atoms with Crippen LogP contribution in [0.2, 0.25) is 0 Å². The Morgan fingerprint density at radius 3 is 2.92 bits per heavy atom. The van der Waals surface area contributed by atoms with Gasteiger partial charge in [-0.1, -0.05) is 0 Å². The van der Waals surface area contributed by atoms with Crippen LogP contribution in [0.4, 0.5) is 0 Å². The van der Waals surface area contributed by atoms with E-state index >= 15 is 0 Å². The number of nitrogens with zero attached hydrogens (tertiary/aromatic N) is 1. The normalized spacial score (nSPS) is 17.5. The number of nitrogens with one attached hydrogen (secondary N) is 2. The van der Waals surface area contributed by atoms with Gasteiger partial charge in [0, 0.05) is 19.0 Å². The minimum absolute atomic E-state index is 0.0421. The van der Waals surface area contributed by atoms with Crippen LogP contribution in [0, 0.1) is 11.3 Å². The van der Waals surface area contributed by atoms with Gasteiger partial charge in [-0.05, 0) is 19.8 Å². The molecule has 0 bridgehead atoms. The largest absolute Gasteiger partial charge is 0.352 e. The predicted octanol–water partition coefficient (Wildman–Crippen LogP) is 0.157. The average Bonchev–Trinajstić information content (AvgIpc) is 2.88. The fourth-order valence-corrected chi connectivity index (χ4v) is 0.991. The Kier molecular flexibility index (Phi) is 3.71. The second-order valence-electron chi connectivity index (χ2n) is 3.37. The Morgan fingerprint density at radius 1 is 1.69 bits per heavy atom. The van der Waals surface area contributed by atoms with E-state index in [1.165, 1.54) is 0 Å². The number of rotatable bonds is 5. The highest BCUT2D eigenvalue weighted by Crippen LogP contribution is 2.18. The highest BCUT2D eigenvalue weighted by atomic mass is 16.2. The van der Waals surface area contributed by atoms with Crippen LogP contribution in [0.25, 0.3) is 0 Å². The Labute approximate surface area is 78.3 Å². The van der Waals surface area contributed by atoms with Crippen LogP contribution in [0.1, 0.15) is 26.2 Å². The highest BCUT2D eigenvalue weighted by Gasteiger charge is 2.25. The first-order chi connectivity index (χ1) is 6.24. The molecule has 0 spiro atoms. The fraction of sp³-hybridized carbons (Fsp3) is 0.778. The van der Waals surface area contributed by atoms with Gasteiger partial charge < -0.3 is 10.6 Å². The summed E-state index contributed by atoms with van der Waals surface area (Å²) >= 11 is 0. The molecule has 1 aliphatic rings. The van der Waals surface area contributed by atoms with E-state index in [0.717, 1.165) is 12.8 Å². The van der Waals surface area contributed by atoms with Gasteiger partial charge in [0.15, 0.2) is 0 Å². The molecule has 0 aromatic heterocycles. The third-order valence-electron chi connectivity index (χ3n) is 2.00. The van der Waals surface area contributed by atoms with Crippen molar-refractivity contribution < 1.29 is 4.79 Å². The summed E-state index contributed by atoms with van der Waals surface area (Å²) in [5.74, 6) is 0.0421. The molecule has 1 rings (SSSR count). The second-order valence-corrected chi connectivity index (χ2v) is 3.37. The molecule has 1 unspecified atom stereocenters. The zero-order chi connectivity index (χ0) is 9.68. The molecule has 4 nitrogen and oxygen atoms in total. The number of carbonyl (C=O) groups excluding carboxylic acids is 1. The molecule has 4 heteroatoms. The molecule has 1 aliphatic carbocycles. The first-order valence-corrected chi connectivity index (χ1v) is 4.64. The number of hydrogen-bond donors (Lipinski definition) is 2. The monoisotopic (exact) mass is 181 g/mol. The van der Waals surface area contributed by atoms with Gasteiger partial charge in [0.1, 0.15) is 0 Å². The molecule has 0 radical (unpaired) electrons. The van der Waals surface area contributed by atoms with Crippen LogP contribution < -0.4 is 10.6 Å². The predicted molar refractivity (Wildman–Crippen MR) is 48.9 cm³/mol. The van der Waals surface area contributed by atoms with Gasteiger partial charge in [0.25, 0.3) is 0 Å². The Bertz CT molecular complexity index is 217. The van der Waals surface area contributed by atoms with Crippen molar-refractivity contribution in [2.24, 2.45) is 0 Å². The summed E-state index contributed by atoms with van der Waals surface area (Å²) in [6.07, 6.45) is 2.66. The van der Waals surface area contributed by atoms with Gasteiger partial charge >= 0.3 is 0 Å². The lowest BCUT2D eigenvalue weighted by molar-refractivity contribution is -0.122. The number of carbonyl (C=O) groups is 1. The smallest absolute Gasteiger partial charge is 0.237 e. The van der Waals surface area contributed by atoms with Crippen LogP contribution in [-0.4, -0.2) is 24.5 Å². The third-order valence-corrected chi connectivity index (χ3v) is 2.00. The van der Waals surface area contributed by atoms with Crippen molar-refractivity contribution in [3.63, 3.8) is 0 Å². The first-order valence-electron chi connectivity index (χ1n) is 4.64. The van der Waals surface area contributed by atoms with E-state index in [4.69, 9.17) is 5.26 Å². The lowest BCUT2D eigenvalue weighted by Gasteiger charge is -2.12. The van der Waals surface area contributed by atoms with Crippen molar-refractivity contribution in [3.8, 4) is 6.07 Å². The molecule has 1 fully saturated rings. The molecular formula is C9H15N3O. The molecule has 0 aromatic carbocycles. The van der Waals surface area contributed by atoms with E-state index < -0.39 is 0 Å². The third kappa shape index (κ3) is 3.90. The van der Waals surface area contributed by atoms with Gasteiger partial charge in [0.05, 0.1) is 12.1 Å². The van der Waals surface area contributed by atoms with Gasteiger partial charge in [-0.15, -0.1) is 0 Å². The summed E-state index contributed by atoms with van der Waals surface area (Å²) in [4.78, 5) is 11.3. The van der Waals surface area contributed by atoms with E-state index in [-0.39, 0.29) is 11.9 Å². The van der Waals surface area contributed by atoms with Crippen LogP contribution >= 0.6 is 0 Å². The van der Waals surface area contributed by atoms with Gasteiger partial charge in [-0.3, -0.25) is 4.79 Å². The Balaban J connectivity index is 2.10. The minimum atomic E-state index is -0.186. The molecule has 1 amide bonds. The molecule has 13 heavy (non-hydrogen) atoms. The van der Waals surface area contributed by atoms with Gasteiger partial charge in [0.2, 0.25) is 5.91 Å². The SMILES string of the molecule is CC(NCCC#N)C(=O)NC1CC1. The average molecular weight is 181 g/mol. The molecule has 2 N–H and O–H groups in total. The van der Waals surface area contributed by atoms with Crippen molar-refractivity contribution in [3.05, 3.63) is 0 Å². The topological polar surface area (TPSA) is 64.9 Å². The van der Waals surface area contributed by atoms with E-state index in [9.17, 15) is 4.79 Å². The maximum atomic E-state index is 11.3. The second kappa shape index (κ2) is 4.83. The minimum Gasteiger partial charge on any atom is -0.352 e. The summed E-state index contributed by atoms with van der Waals surface area (Å²) in [6.45, 7) is 2.39. The summed E-state index contributed by atoms with van der Waals surface area (Å²) in [6, 6.07) is 2.24. The summed E-state index contributed by atoms with van der Waals surface area (Å²) in [5, 5.41) is 14.2. The number of hydrogen-bond acceptors (Lipinski definition) is 3. The van der Waals surface area contributed by atoms with Crippen LogP contribution in [0.3, 0.4) is 0 Å². The maximum absolute atomic E-state index is 11.3. The van der Waals surface area contributed by atoms with E-state index in [0.29, 0.717) is 19.0 Å². The summed E-state index contributed by atoms with van der Waals surface area (Å²) in [5.41, 5.74) is 0. The number of nitriles is 1. The van der Waals surface area contributed by atoms with E-state index in [2.05, 4.69) is 10.6 Å². The van der Waals surface area contributed by atoms with Crippen molar-refractivity contribution in [2.75, 3.05) is 6.54 Å². The summed E-state index contributed by atoms with van der Waals surface area (Å²) in [7, 11) is 0. The zero-order valence-electron chi connectivity index (χ0n) is 7.84. The number of amides is 1. The molecule has 1 saturated carbocycles. The lowest BCUT2D eigenvalue weighted by atomic mass is 10.3. The quantitative estimate of drug-likeness (QED) is 0.594. The van der Waals surface area contributed by atoms with Crippen molar-refractivity contribution >= 4 is 5.91 Å². The standard InChI is InChI=1S/C9H15N3O/c1-7(11-6-2-5-10)9(13)12-8-3-4-8/h7-8,11H,2-4,6H2,1H3,(H,12,13). The van der Waals surface area contributed by atoms with Crippen molar-refractivity contribution in [2.45, 2.75) is 38.3 Å². The fourth-order valence-electron chi connectivity index (χ4n) is 0.991.